The number of thiazole rings is 1. The zero-order valence-corrected chi connectivity index (χ0v) is 14.5. The van der Waals surface area contributed by atoms with Crippen molar-refractivity contribution in [2.75, 3.05) is 26.2 Å². The molecule has 0 radical (unpaired) electrons. The van der Waals surface area contributed by atoms with Gasteiger partial charge in [-0.15, -0.1) is 11.3 Å². The third kappa shape index (κ3) is 4.74. The number of aryl methyl sites for hydroxylation is 1. The van der Waals surface area contributed by atoms with Crippen molar-refractivity contribution in [3.05, 3.63) is 15.6 Å². The van der Waals surface area contributed by atoms with E-state index in [4.69, 9.17) is 0 Å². The van der Waals surface area contributed by atoms with E-state index in [0.29, 0.717) is 12.5 Å². The standard InChI is InChI=1S/C16H29N3OS/c1-11(2)16-18-13(4)15(21-16)12(3)17-9-14(20)10-19-7-5-6-8-19/h11-12,14,17,20H,5-10H2,1-4H3. The first-order valence-electron chi connectivity index (χ1n) is 8.08. The van der Waals surface area contributed by atoms with Gasteiger partial charge in [-0.2, -0.15) is 0 Å². The van der Waals surface area contributed by atoms with Crippen molar-refractivity contribution >= 4 is 11.3 Å². The average molecular weight is 311 g/mol. The molecule has 0 bridgehead atoms. The molecular weight excluding hydrogens is 282 g/mol. The van der Waals surface area contributed by atoms with E-state index < -0.39 is 0 Å². The summed E-state index contributed by atoms with van der Waals surface area (Å²) >= 11 is 1.79. The second-order valence-corrected chi connectivity index (χ2v) is 7.51. The Morgan fingerprint density at radius 3 is 2.52 bits per heavy atom. The molecule has 0 amide bonds. The summed E-state index contributed by atoms with van der Waals surface area (Å²) in [5.74, 6) is 0.482. The number of aliphatic hydroxyl groups excluding tert-OH is 1. The smallest absolute Gasteiger partial charge is 0.0956 e. The summed E-state index contributed by atoms with van der Waals surface area (Å²) in [5.41, 5.74) is 1.12. The van der Waals surface area contributed by atoms with E-state index in [9.17, 15) is 5.11 Å². The van der Waals surface area contributed by atoms with Crippen LogP contribution in [-0.2, 0) is 0 Å². The number of hydrogen-bond donors (Lipinski definition) is 2. The lowest BCUT2D eigenvalue weighted by molar-refractivity contribution is 0.121. The minimum Gasteiger partial charge on any atom is -0.390 e. The fraction of sp³-hybridized carbons (Fsp3) is 0.812. The summed E-state index contributed by atoms with van der Waals surface area (Å²) in [4.78, 5) is 8.30. The van der Waals surface area contributed by atoms with Crippen molar-refractivity contribution in [2.45, 2.75) is 58.6 Å². The molecule has 2 rings (SSSR count). The van der Waals surface area contributed by atoms with Crippen LogP contribution in [0, 0.1) is 6.92 Å². The Labute approximate surface area is 132 Å². The van der Waals surface area contributed by atoms with Crippen molar-refractivity contribution in [3.8, 4) is 0 Å². The third-order valence-electron chi connectivity index (χ3n) is 4.06. The van der Waals surface area contributed by atoms with Gasteiger partial charge in [-0.05, 0) is 39.8 Å². The molecule has 1 aromatic rings. The summed E-state index contributed by atoms with van der Waals surface area (Å²) in [6.07, 6.45) is 2.26. The molecule has 2 heterocycles. The van der Waals surface area contributed by atoms with Gasteiger partial charge in [0.05, 0.1) is 16.8 Å². The monoisotopic (exact) mass is 311 g/mol. The SMILES string of the molecule is Cc1nc(C(C)C)sc1C(C)NCC(O)CN1CCCC1. The van der Waals surface area contributed by atoms with E-state index in [1.165, 1.54) is 22.7 Å². The van der Waals surface area contributed by atoms with Crippen LogP contribution in [0.5, 0.6) is 0 Å². The van der Waals surface area contributed by atoms with E-state index in [1.807, 2.05) is 0 Å². The van der Waals surface area contributed by atoms with Gasteiger partial charge in [0.25, 0.3) is 0 Å². The molecule has 1 aliphatic rings. The van der Waals surface area contributed by atoms with Crippen molar-refractivity contribution in [2.24, 2.45) is 0 Å². The van der Waals surface area contributed by atoms with Gasteiger partial charge < -0.3 is 15.3 Å². The summed E-state index contributed by atoms with van der Waals surface area (Å²) in [6.45, 7) is 12.3. The van der Waals surface area contributed by atoms with Crippen LogP contribution in [0.15, 0.2) is 0 Å². The topological polar surface area (TPSA) is 48.4 Å². The van der Waals surface area contributed by atoms with Gasteiger partial charge in [0, 0.05) is 29.9 Å². The first-order valence-corrected chi connectivity index (χ1v) is 8.90. The van der Waals surface area contributed by atoms with Crippen LogP contribution in [0.2, 0.25) is 0 Å². The lowest BCUT2D eigenvalue weighted by Gasteiger charge is -2.21. The Morgan fingerprint density at radius 1 is 1.29 bits per heavy atom. The molecule has 2 atom stereocenters. The number of likely N-dealkylation sites (tertiary alicyclic amines) is 1. The van der Waals surface area contributed by atoms with E-state index in [0.717, 1.165) is 25.3 Å². The molecule has 21 heavy (non-hydrogen) atoms. The van der Waals surface area contributed by atoms with E-state index in [1.54, 1.807) is 11.3 Å². The molecule has 0 spiro atoms. The van der Waals surface area contributed by atoms with Gasteiger partial charge in [-0.1, -0.05) is 13.8 Å². The van der Waals surface area contributed by atoms with Gasteiger partial charge in [0.2, 0.25) is 0 Å². The van der Waals surface area contributed by atoms with Crippen LogP contribution in [0.25, 0.3) is 0 Å². The second-order valence-electron chi connectivity index (χ2n) is 6.45. The van der Waals surface area contributed by atoms with Crippen molar-refractivity contribution < 1.29 is 5.11 Å². The molecule has 0 aliphatic carbocycles. The fourth-order valence-corrected chi connectivity index (χ4v) is 3.91. The Hall–Kier alpha value is -0.490. The molecule has 1 fully saturated rings. The van der Waals surface area contributed by atoms with Crippen LogP contribution in [0.4, 0.5) is 0 Å². The lowest BCUT2D eigenvalue weighted by atomic mass is 10.2. The van der Waals surface area contributed by atoms with Crippen molar-refractivity contribution in [1.29, 1.82) is 0 Å². The Kier molecular flexibility index (Phi) is 6.17. The highest BCUT2D eigenvalue weighted by Crippen LogP contribution is 2.29. The zero-order chi connectivity index (χ0) is 15.4. The van der Waals surface area contributed by atoms with Gasteiger partial charge in [0.1, 0.15) is 0 Å². The van der Waals surface area contributed by atoms with Crippen LogP contribution < -0.4 is 5.32 Å². The first-order chi connectivity index (χ1) is 9.97. The number of nitrogens with zero attached hydrogens (tertiary/aromatic N) is 2. The number of aromatic nitrogens is 1. The normalized spacial score (nSPS) is 19.3. The fourth-order valence-electron chi connectivity index (χ4n) is 2.81. The largest absolute Gasteiger partial charge is 0.390 e. The highest BCUT2D eigenvalue weighted by Gasteiger charge is 2.19. The van der Waals surface area contributed by atoms with Gasteiger partial charge in [0.15, 0.2) is 0 Å². The maximum Gasteiger partial charge on any atom is 0.0956 e. The van der Waals surface area contributed by atoms with Gasteiger partial charge >= 0.3 is 0 Å². The lowest BCUT2D eigenvalue weighted by Crippen LogP contribution is -2.37. The quantitative estimate of drug-likeness (QED) is 0.813. The predicted molar refractivity (Wildman–Crippen MR) is 89.0 cm³/mol. The molecule has 0 saturated carbocycles. The molecule has 5 heteroatoms. The maximum atomic E-state index is 10.2. The molecule has 1 saturated heterocycles. The van der Waals surface area contributed by atoms with E-state index in [-0.39, 0.29) is 12.1 Å². The molecule has 1 aromatic heterocycles. The predicted octanol–water partition coefficient (Wildman–Crippen LogP) is 2.68. The molecule has 2 unspecified atom stereocenters. The Morgan fingerprint density at radius 2 is 1.95 bits per heavy atom. The molecular formula is C16H29N3OS. The molecule has 1 aliphatic heterocycles. The van der Waals surface area contributed by atoms with Crippen LogP contribution in [-0.4, -0.2) is 47.3 Å². The van der Waals surface area contributed by atoms with Gasteiger partial charge in [-0.25, -0.2) is 4.98 Å². The minimum absolute atomic E-state index is 0.253. The van der Waals surface area contributed by atoms with Crippen LogP contribution >= 0.6 is 11.3 Å². The molecule has 0 aromatic carbocycles. The number of nitrogens with one attached hydrogen (secondary N) is 1. The summed E-state index contributed by atoms with van der Waals surface area (Å²) in [5, 5.41) is 14.8. The third-order valence-corrected chi connectivity index (χ3v) is 5.70. The molecule has 120 valence electrons. The maximum absolute atomic E-state index is 10.2. The second kappa shape index (κ2) is 7.68. The van der Waals surface area contributed by atoms with Crippen molar-refractivity contribution in [3.63, 3.8) is 0 Å². The minimum atomic E-state index is -0.289. The first kappa shape index (κ1) is 16.9. The number of aliphatic hydroxyl groups is 1. The average Bonchev–Trinajstić information content (AvgIpc) is 3.05. The Balaban J connectivity index is 1.81. The van der Waals surface area contributed by atoms with Crippen LogP contribution in [0.3, 0.4) is 0 Å². The van der Waals surface area contributed by atoms with E-state index >= 15 is 0 Å². The Bertz CT molecular complexity index is 441. The molecule has 4 nitrogen and oxygen atoms in total. The molecule has 2 N–H and O–H groups in total. The van der Waals surface area contributed by atoms with E-state index in [2.05, 4.69) is 42.9 Å². The van der Waals surface area contributed by atoms with Crippen molar-refractivity contribution in [1.82, 2.24) is 15.2 Å². The number of rotatable bonds is 7. The van der Waals surface area contributed by atoms with Gasteiger partial charge in [-0.3, -0.25) is 0 Å². The number of hydrogen-bond acceptors (Lipinski definition) is 5. The zero-order valence-electron chi connectivity index (χ0n) is 13.7. The highest BCUT2D eigenvalue weighted by molar-refractivity contribution is 7.11. The summed E-state index contributed by atoms with van der Waals surface area (Å²) in [6, 6.07) is 0.253. The highest BCUT2D eigenvalue weighted by atomic mass is 32.1. The van der Waals surface area contributed by atoms with Crippen LogP contribution in [0.1, 0.15) is 61.2 Å². The summed E-state index contributed by atoms with van der Waals surface area (Å²) < 4.78 is 0. The summed E-state index contributed by atoms with van der Waals surface area (Å²) in [7, 11) is 0. The number of β-amino-alcohol motifs (C(OH)–C–C–N with tert-alkyl or cyclic N) is 1.